The van der Waals surface area contributed by atoms with Gasteiger partial charge in [0.25, 0.3) is 5.56 Å². The molecule has 2 heterocycles. The van der Waals surface area contributed by atoms with Crippen LogP contribution in [-0.4, -0.2) is 37.4 Å². The van der Waals surface area contributed by atoms with E-state index in [1.165, 1.54) is 28.5 Å². The van der Waals surface area contributed by atoms with Crippen LogP contribution in [0.15, 0.2) is 71.1 Å². The predicted molar refractivity (Wildman–Crippen MR) is 119 cm³/mol. The highest BCUT2D eigenvalue weighted by molar-refractivity contribution is 7.99. The second-order valence-electron chi connectivity index (χ2n) is 6.85. The number of fused-ring (bicyclic) bond motifs is 3. The number of thioether (sulfide) groups is 1. The van der Waals surface area contributed by atoms with Crippen molar-refractivity contribution in [3.8, 4) is 0 Å². The monoisotopic (exact) mass is 437 g/mol. The molecular weight excluding hydrogens is 417 g/mol. The smallest absolute Gasteiger partial charge is 0.263 e. The molecule has 0 unspecified atom stereocenters. The summed E-state index contributed by atoms with van der Waals surface area (Å²) in [5.74, 6) is 0.130. The van der Waals surface area contributed by atoms with E-state index in [4.69, 9.17) is 0 Å². The van der Waals surface area contributed by atoms with Gasteiger partial charge in [-0.2, -0.15) is 0 Å². The largest absolute Gasteiger partial charge is 0.355 e. The molecule has 0 saturated heterocycles. The van der Waals surface area contributed by atoms with Crippen molar-refractivity contribution in [1.82, 2.24) is 24.5 Å². The number of carbonyl (C=O) groups excluding carboxylic acids is 1. The molecule has 1 N–H and O–H groups in total. The molecule has 1 amide bonds. The Morgan fingerprint density at radius 2 is 1.94 bits per heavy atom. The maximum Gasteiger partial charge on any atom is 0.263 e. The van der Waals surface area contributed by atoms with Gasteiger partial charge in [-0.25, -0.2) is 4.39 Å². The summed E-state index contributed by atoms with van der Waals surface area (Å²) in [7, 11) is 0. The van der Waals surface area contributed by atoms with Gasteiger partial charge in [0.05, 0.1) is 16.7 Å². The first-order chi connectivity index (χ1) is 15.1. The Morgan fingerprint density at radius 3 is 2.71 bits per heavy atom. The lowest BCUT2D eigenvalue weighted by atomic mass is 10.1. The van der Waals surface area contributed by atoms with Crippen molar-refractivity contribution in [3.63, 3.8) is 0 Å². The first-order valence-electron chi connectivity index (χ1n) is 9.70. The minimum Gasteiger partial charge on any atom is -0.355 e. The van der Waals surface area contributed by atoms with Crippen molar-refractivity contribution in [2.75, 3.05) is 12.3 Å². The average Bonchev–Trinajstić information content (AvgIpc) is 3.20. The molecule has 2 aromatic carbocycles. The average molecular weight is 438 g/mol. The number of allylic oxidation sites excluding steroid dienone is 1. The van der Waals surface area contributed by atoms with Crippen LogP contribution in [0.25, 0.3) is 16.7 Å². The van der Waals surface area contributed by atoms with Crippen molar-refractivity contribution >= 4 is 34.3 Å². The summed E-state index contributed by atoms with van der Waals surface area (Å²) < 4.78 is 16.3. The maximum absolute atomic E-state index is 13.0. The lowest BCUT2D eigenvalue weighted by molar-refractivity contribution is -0.118. The van der Waals surface area contributed by atoms with E-state index in [9.17, 15) is 14.0 Å². The quantitative estimate of drug-likeness (QED) is 0.339. The molecule has 0 bridgehead atoms. The zero-order valence-corrected chi connectivity index (χ0v) is 17.4. The third-order valence-electron chi connectivity index (χ3n) is 4.77. The molecule has 0 fully saturated rings. The number of rotatable bonds is 8. The Balaban J connectivity index is 1.50. The van der Waals surface area contributed by atoms with Gasteiger partial charge in [-0.3, -0.25) is 18.6 Å². The van der Waals surface area contributed by atoms with E-state index < -0.39 is 0 Å². The van der Waals surface area contributed by atoms with Crippen molar-refractivity contribution in [2.45, 2.75) is 18.1 Å². The predicted octanol–water partition coefficient (Wildman–Crippen LogP) is 2.82. The van der Waals surface area contributed by atoms with E-state index >= 15 is 0 Å². The summed E-state index contributed by atoms with van der Waals surface area (Å²) in [6.07, 6.45) is 2.25. The molecule has 4 aromatic rings. The second kappa shape index (κ2) is 9.13. The number of nitrogens with zero attached hydrogens (tertiary/aromatic N) is 4. The van der Waals surface area contributed by atoms with Gasteiger partial charge in [-0.05, 0) is 36.2 Å². The summed E-state index contributed by atoms with van der Waals surface area (Å²) in [6.45, 7) is 4.47. The molecule has 0 aliphatic carbocycles. The molecule has 0 aliphatic heterocycles. The van der Waals surface area contributed by atoms with Crippen LogP contribution in [0, 0.1) is 5.82 Å². The Morgan fingerprint density at radius 1 is 1.16 bits per heavy atom. The Hall–Kier alpha value is -3.46. The minimum absolute atomic E-state index is 0.146. The van der Waals surface area contributed by atoms with Crippen molar-refractivity contribution in [2.24, 2.45) is 0 Å². The van der Waals surface area contributed by atoms with Gasteiger partial charge in [0.1, 0.15) is 5.82 Å². The molecule has 0 aliphatic rings. The summed E-state index contributed by atoms with van der Waals surface area (Å²) in [5.41, 5.74) is 1.47. The molecule has 9 heteroatoms. The first-order valence-corrected chi connectivity index (χ1v) is 10.7. The molecule has 158 valence electrons. The number of para-hydroxylation sites is 1. The topological polar surface area (TPSA) is 81.3 Å². The fraction of sp³-hybridized carbons (Fsp3) is 0.182. The molecular formula is C22H20FN5O2S. The molecule has 4 rings (SSSR count). The summed E-state index contributed by atoms with van der Waals surface area (Å²) in [5, 5.41) is 12.3. The zero-order chi connectivity index (χ0) is 21.8. The number of carbonyl (C=O) groups is 1. The van der Waals surface area contributed by atoms with Crippen LogP contribution in [-0.2, 0) is 17.8 Å². The van der Waals surface area contributed by atoms with E-state index in [2.05, 4.69) is 22.1 Å². The number of amides is 1. The van der Waals surface area contributed by atoms with Crippen LogP contribution in [0.5, 0.6) is 0 Å². The number of halogens is 1. The van der Waals surface area contributed by atoms with E-state index in [-0.39, 0.29) is 23.0 Å². The molecule has 31 heavy (non-hydrogen) atoms. The third-order valence-corrected chi connectivity index (χ3v) is 5.70. The van der Waals surface area contributed by atoms with Gasteiger partial charge in [0.15, 0.2) is 5.16 Å². The van der Waals surface area contributed by atoms with E-state index in [0.717, 1.165) is 5.56 Å². The van der Waals surface area contributed by atoms with Crippen molar-refractivity contribution in [3.05, 3.63) is 82.9 Å². The van der Waals surface area contributed by atoms with Gasteiger partial charge < -0.3 is 5.32 Å². The maximum atomic E-state index is 13.0. The third kappa shape index (κ3) is 4.36. The molecule has 0 atom stereocenters. The van der Waals surface area contributed by atoms with E-state index in [1.807, 2.05) is 12.1 Å². The zero-order valence-electron chi connectivity index (χ0n) is 16.6. The van der Waals surface area contributed by atoms with Crippen molar-refractivity contribution < 1.29 is 9.18 Å². The molecule has 7 nitrogen and oxygen atoms in total. The number of hydrogen-bond acceptors (Lipinski definition) is 5. The van der Waals surface area contributed by atoms with Crippen molar-refractivity contribution in [1.29, 1.82) is 0 Å². The number of hydrogen-bond donors (Lipinski definition) is 1. The normalized spacial score (nSPS) is 11.1. The van der Waals surface area contributed by atoms with Crippen LogP contribution in [0.3, 0.4) is 0 Å². The van der Waals surface area contributed by atoms with Gasteiger partial charge in [0, 0.05) is 13.1 Å². The highest BCUT2D eigenvalue weighted by atomic mass is 32.2. The summed E-state index contributed by atoms with van der Waals surface area (Å²) in [4.78, 5) is 25.1. The lowest BCUT2D eigenvalue weighted by Gasteiger charge is -2.09. The molecule has 0 spiro atoms. The number of nitrogens with one attached hydrogen (secondary N) is 1. The summed E-state index contributed by atoms with van der Waals surface area (Å²) >= 11 is 1.25. The number of benzene rings is 2. The minimum atomic E-state index is -0.282. The Bertz CT molecular complexity index is 1310. The van der Waals surface area contributed by atoms with Gasteiger partial charge in [-0.15, -0.1) is 16.8 Å². The Kier molecular flexibility index (Phi) is 6.13. The molecule has 0 radical (unpaired) electrons. The van der Waals surface area contributed by atoms with E-state index in [1.54, 1.807) is 34.7 Å². The highest BCUT2D eigenvalue weighted by Crippen LogP contribution is 2.21. The Labute approximate surface area is 181 Å². The molecule has 0 saturated carbocycles. The van der Waals surface area contributed by atoms with Crippen LogP contribution >= 0.6 is 11.8 Å². The highest BCUT2D eigenvalue weighted by Gasteiger charge is 2.17. The fourth-order valence-electron chi connectivity index (χ4n) is 3.30. The SMILES string of the molecule is C=CCn1c(=O)c2ccccc2n2c(SCC(=O)NCCc3ccc(F)cc3)nnc12. The number of aromatic nitrogens is 4. The fourth-order valence-corrected chi connectivity index (χ4v) is 4.07. The standard InChI is InChI=1S/C22H20FN5O2S/c1-2-13-27-20(30)17-5-3-4-6-18(17)28-21(27)25-26-22(28)31-14-19(29)24-12-11-15-7-9-16(23)10-8-15/h2-10H,1,11-14H2,(H,24,29). The van der Waals surface area contributed by atoms with Crippen LogP contribution in [0.2, 0.25) is 0 Å². The molecule has 2 aromatic heterocycles. The van der Waals surface area contributed by atoms with Crippen LogP contribution in [0.1, 0.15) is 5.56 Å². The van der Waals surface area contributed by atoms with Crippen LogP contribution in [0.4, 0.5) is 4.39 Å². The van der Waals surface area contributed by atoms with E-state index in [0.29, 0.717) is 41.3 Å². The van der Waals surface area contributed by atoms with Crippen LogP contribution < -0.4 is 10.9 Å². The first kappa shape index (κ1) is 20.8. The van der Waals surface area contributed by atoms with Gasteiger partial charge in [0.2, 0.25) is 11.7 Å². The summed E-state index contributed by atoms with van der Waals surface area (Å²) in [6, 6.07) is 13.4. The van der Waals surface area contributed by atoms with Gasteiger partial charge >= 0.3 is 0 Å². The lowest BCUT2D eigenvalue weighted by Crippen LogP contribution is -2.27. The second-order valence-corrected chi connectivity index (χ2v) is 7.80. The van der Waals surface area contributed by atoms with Gasteiger partial charge in [-0.1, -0.05) is 42.1 Å².